The van der Waals surface area contributed by atoms with Crippen molar-refractivity contribution in [1.29, 1.82) is 5.26 Å². The molecule has 0 aromatic heterocycles. The quantitative estimate of drug-likeness (QED) is 0.636. The lowest BCUT2D eigenvalue weighted by atomic mass is 10.2. The van der Waals surface area contributed by atoms with E-state index in [0.29, 0.717) is 23.5 Å². The molecule has 0 spiro atoms. The van der Waals surface area contributed by atoms with Crippen molar-refractivity contribution in [3.05, 3.63) is 23.8 Å². The summed E-state index contributed by atoms with van der Waals surface area (Å²) in [5.41, 5.74) is 6.44. The molecule has 5 heteroatoms. The van der Waals surface area contributed by atoms with Gasteiger partial charge < -0.3 is 15.4 Å². The number of hydrogen-bond acceptors (Lipinski definition) is 4. The van der Waals surface area contributed by atoms with E-state index in [0.717, 1.165) is 19.3 Å². The monoisotopic (exact) mass is 273 g/mol. The number of benzene rings is 1. The molecule has 1 fully saturated rings. The average Bonchev–Trinajstić information content (AvgIpc) is 3.27. The van der Waals surface area contributed by atoms with Gasteiger partial charge in [-0.3, -0.25) is 4.79 Å². The summed E-state index contributed by atoms with van der Waals surface area (Å²) in [6, 6.07) is 7.12. The van der Waals surface area contributed by atoms with Crippen LogP contribution in [0.4, 0.5) is 5.69 Å². The molecule has 0 aliphatic heterocycles. The lowest BCUT2D eigenvalue weighted by molar-refractivity contribution is -0.135. The zero-order valence-corrected chi connectivity index (χ0v) is 11.6. The van der Waals surface area contributed by atoms with Gasteiger partial charge in [0.25, 0.3) is 0 Å². The Morgan fingerprint density at radius 1 is 1.55 bits per heavy atom. The van der Waals surface area contributed by atoms with Gasteiger partial charge in [-0.25, -0.2) is 0 Å². The van der Waals surface area contributed by atoms with Crippen LogP contribution in [-0.4, -0.2) is 24.1 Å². The third-order valence-corrected chi connectivity index (χ3v) is 3.28. The molecule has 0 unspecified atom stereocenters. The van der Waals surface area contributed by atoms with E-state index in [1.54, 1.807) is 23.1 Å². The first kappa shape index (κ1) is 14.2. The average molecular weight is 273 g/mol. The molecule has 0 bridgehead atoms. The van der Waals surface area contributed by atoms with Gasteiger partial charge in [0.05, 0.1) is 5.69 Å². The minimum absolute atomic E-state index is 0.147. The first-order valence-corrected chi connectivity index (χ1v) is 6.87. The van der Waals surface area contributed by atoms with Crippen molar-refractivity contribution in [1.82, 2.24) is 4.90 Å². The van der Waals surface area contributed by atoms with Crippen LogP contribution in [-0.2, 0) is 4.79 Å². The molecule has 0 atom stereocenters. The third-order valence-electron chi connectivity index (χ3n) is 3.28. The molecule has 0 heterocycles. The summed E-state index contributed by atoms with van der Waals surface area (Å²) in [7, 11) is 0. The Balaban J connectivity index is 2.04. The molecule has 1 aliphatic rings. The fraction of sp³-hybridized carbons (Fsp3) is 0.467. The Morgan fingerprint density at radius 3 is 2.90 bits per heavy atom. The second-order valence-corrected chi connectivity index (χ2v) is 4.98. The number of nitriles is 1. The van der Waals surface area contributed by atoms with Gasteiger partial charge in [-0.1, -0.05) is 13.0 Å². The molecular formula is C15H19N3O2. The molecule has 5 nitrogen and oxygen atoms in total. The van der Waals surface area contributed by atoms with Gasteiger partial charge in [0, 0.05) is 12.5 Å². The largest absolute Gasteiger partial charge is 0.472 e. The topological polar surface area (TPSA) is 79.3 Å². The number of hydrogen-bond donors (Lipinski definition) is 1. The van der Waals surface area contributed by atoms with Gasteiger partial charge in [-0.05, 0) is 31.4 Å². The molecule has 0 radical (unpaired) electrons. The predicted molar refractivity (Wildman–Crippen MR) is 75.8 cm³/mol. The van der Waals surface area contributed by atoms with E-state index in [1.165, 1.54) is 0 Å². The molecule has 106 valence electrons. The summed E-state index contributed by atoms with van der Waals surface area (Å²) in [5.74, 6) is 0.743. The maximum Gasteiger partial charge on any atom is 0.228 e. The van der Waals surface area contributed by atoms with Crippen molar-refractivity contribution in [2.45, 2.75) is 26.2 Å². The number of nitrogens with two attached hydrogens (primary N) is 1. The van der Waals surface area contributed by atoms with Crippen LogP contribution in [0.25, 0.3) is 0 Å². The Bertz CT molecular complexity index is 532. The second-order valence-electron chi connectivity index (χ2n) is 4.98. The van der Waals surface area contributed by atoms with E-state index < -0.39 is 0 Å². The molecule has 1 saturated carbocycles. The number of ether oxygens (including phenoxy) is 1. The summed E-state index contributed by atoms with van der Waals surface area (Å²) in [6.07, 6.45) is 2.82. The van der Waals surface area contributed by atoms with Gasteiger partial charge in [-0.2, -0.15) is 5.26 Å². The van der Waals surface area contributed by atoms with Crippen LogP contribution in [0.1, 0.15) is 31.7 Å². The summed E-state index contributed by atoms with van der Waals surface area (Å²) in [6.45, 7) is 2.86. The van der Waals surface area contributed by atoms with Crippen molar-refractivity contribution in [2.75, 3.05) is 19.0 Å². The molecular weight excluding hydrogens is 254 g/mol. The minimum Gasteiger partial charge on any atom is -0.472 e. The number of amides is 1. The normalized spacial score (nSPS) is 13.6. The molecule has 0 saturated heterocycles. The molecule has 20 heavy (non-hydrogen) atoms. The maximum absolute atomic E-state index is 12.1. The van der Waals surface area contributed by atoms with Crippen molar-refractivity contribution in [3.63, 3.8) is 0 Å². The first-order valence-electron chi connectivity index (χ1n) is 6.87. The third kappa shape index (κ3) is 3.21. The minimum atomic E-state index is 0.147. The highest BCUT2D eigenvalue weighted by atomic mass is 16.5. The van der Waals surface area contributed by atoms with Crippen molar-refractivity contribution in [2.24, 2.45) is 5.92 Å². The standard InChI is InChI=1S/C15H19N3O2/c1-2-8-18(15(19)11-6-7-11)10-20-14-5-3-4-13(17)12(14)9-16/h3-5,11H,2,6-8,10,17H2,1H3. The first-order chi connectivity index (χ1) is 9.67. The van der Waals surface area contributed by atoms with Gasteiger partial charge in [0.1, 0.15) is 17.4 Å². The maximum atomic E-state index is 12.1. The fourth-order valence-corrected chi connectivity index (χ4v) is 2.03. The predicted octanol–water partition coefficient (Wildman–Crippen LogP) is 2.13. The van der Waals surface area contributed by atoms with E-state index in [9.17, 15) is 4.79 Å². The van der Waals surface area contributed by atoms with Crippen molar-refractivity contribution >= 4 is 11.6 Å². The van der Waals surface area contributed by atoms with Gasteiger partial charge >= 0.3 is 0 Å². The second kappa shape index (κ2) is 6.29. The van der Waals surface area contributed by atoms with Gasteiger partial charge in [0.15, 0.2) is 6.73 Å². The molecule has 1 amide bonds. The van der Waals surface area contributed by atoms with E-state index in [4.69, 9.17) is 15.7 Å². The number of carbonyl (C=O) groups excluding carboxylic acids is 1. The smallest absolute Gasteiger partial charge is 0.228 e. The molecule has 1 aromatic rings. The van der Waals surface area contributed by atoms with Gasteiger partial charge in [0.2, 0.25) is 5.91 Å². The molecule has 1 aliphatic carbocycles. The van der Waals surface area contributed by atoms with Crippen molar-refractivity contribution in [3.8, 4) is 11.8 Å². The highest BCUT2D eigenvalue weighted by Crippen LogP contribution is 2.31. The lowest BCUT2D eigenvalue weighted by Crippen LogP contribution is -2.36. The van der Waals surface area contributed by atoms with Crippen LogP contribution in [0.5, 0.6) is 5.75 Å². The van der Waals surface area contributed by atoms with Crippen molar-refractivity contribution < 1.29 is 9.53 Å². The number of rotatable bonds is 6. The Morgan fingerprint density at radius 2 is 2.30 bits per heavy atom. The van der Waals surface area contributed by atoms with Crippen LogP contribution in [0.3, 0.4) is 0 Å². The lowest BCUT2D eigenvalue weighted by Gasteiger charge is -2.22. The highest BCUT2D eigenvalue weighted by Gasteiger charge is 2.33. The number of nitrogens with zero attached hydrogens (tertiary/aromatic N) is 2. The van der Waals surface area contributed by atoms with Crippen LogP contribution in [0.15, 0.2) is 18.2 Å². The van der Waals surface area contributed by atoms with Crippen LogP contribution in [0.2, 0.25) is 0 Å². The Labute approximate surface area is 118 Å². The highest BCUT2D eigenvalue weighted by molar-refractivity contribution is 5.80. The summed E-state index contributed by atoms with van der Waals surface area (Å²) >= 11 is 0. The van der Waals surface area contributed by atoms with Crippen LogP contribution in [0, 0.1) is 17.2 Å². The molecule has 2 N–H and O–H groups in total. The molecule has 2 rings (SSSR count). The van der Waals surface area contributed by atoms with Crippen LogP contribution >= 0.6 is 0 Å². The fourth-order valence-electron chi connectivity index (χ4n) is 2.03. The number of carbonyl (C=O) groups is 1. The van der Waals surface area contributed by atoms with Crippen LogP contribution < -0.4 is 10.5 Å². The number of anilines is 1. The summed E-state index contributed by atoms with van der Waals surface area (Å²) in [4.78, 5) is 13.8. The van der Waals surface area contributed by atoms with E-state index in [2.05, 4.69) is 0 Å². The zero-order chi connectivity index (χ0) is 14.5. The van der Waals surface area contributed by atoms with E-state index in [-0.39, 0.29) is 18.6 Å². The Kier molecular flexibility index (Phi) is 4.46. The summed E-state index contributed by atoms with van der Waals surface area (Å²) < 4.78 is 5.63. The van der Waals surface area contributed by atoms with E-state index in [1.807, 2.05) is 13.0 Å². The van der Waals surface area contributed by atoms with Gasteiger partial charge in [-0.15, -0.1) is 0 Å². The zero-order valence-electron chi connectivity index (χ0n) is 11.6. The summed E-state index contributed by atoms with van der Waals surface area (Å²) in [5, 5.41) is 9.08. The SMILES string of the molecule is CCCN(COc1cccc(N)c1C#N)C(=O)C1CC1. The number of nitrogen functional groups attached to an aromatic ring is 1. The molecule has 1 aromatic carbocycles. The Hall–Kier alpha value is -2.22. The van der Waals surface area contributed by atoms with E-state index >= 15 is 0 Å².